The molecule has 44 valence electrons. The first-order valence-electron chi connectivity index (χ1n) is 0.913. The zero-order valence-electron chi connectivity index (χ0n) is 3.44. The van der Waals surface area contributed by atoms with Gasteiger partial charge in [0.25, 0.3) is 0 Å². The summed E-state index contributed by atoms with van der Waals surface area (Å²) in [6, 6.07) is 0. The van der Waals surface area contributed by atoms with Gasteiger partial charge in [0.1, 0.15) is 0 Å². The second-order valence-electron chi connectivity index (χ2n) is 0.298. The molecule has 0 bridgehead atoms. The Morgan fingerprint density at radius 3 is 1.38 bits per heavy atom. The summed E-state index contributed by atoms with van der Waals surface area (Å²) >= 11 is 0. The molecule has 0 rings (SSSR count). The van der Waals surface area contributed by atoms with Gasteiger partial charge in [-0.2, -0.15) is 0 Å². The van der Waals surface area contributed by atoms with Crippen molar-refractivity contribution in [2.24, 2.45) is 0 Å². The smallest absolute Gasteiger partial charge is 0.772 e. The Bertz CT molecular complexity index is 59.4. The molecule has 0 atom stereocenters. The minimum absolute atomic E-state index is 0. The van der Waals surface area contributed by atoms with E-state index in [1.165, 1.54) is 0 Å². The van der Waals surface area contributed by atoms with Gasteiger partial charge in [-0.05, 0) is 0 Å². The average Bonchev–Trinajstić information content (AvgIpc) is 1.33. The predicted octanol–water partition coefficient (Wildman–Crippen LogP) is -1.07. The van der Waals surface area contributed by atoms with Crippen molar-refractivity contribution < 1.29 is 14.5 Å². The summed E-state index contributed by atoms with van der Waals surface area (Å²) in [5.41, 5.74) is 0. The van der Waals surface area contributed by atoms with Crippen LogP contribution in [0.25, 0.3) is 0 Å². The van der Waals surface area contributed by atoms with Crippen LogP contribution < -0.4 is 4.89 Å². The molecule has 0 aromatic heterocycles. The Morgan fingerprint density at radius 2 is 1.38 bits per heavy atom. The van der Waals surface area contributed by atoms with E-state index in [1.54, 1.807) is 0 Å². The minimum atomic E-state index is -1.75. The molecule has 0 aliphatic heterocycles. The quantitative estimate of drug-likeness (QED) is 0.243. The summed E-state index contributed by atoms with van der Waals surface area (Å²) < 4.78 is 8.35. The molecule has 0 aromatic rings. The molecule has 0 N–H and O–H groups in total. The van der Waals surface area contributed by atoms with E-state index in [0.29, 0.717) is 0 Å². The van der Waals surface area contributed by atoms with Gasteiger partial charge in [0.05, 0.1) is 13.8 Å². The Labute approximate surface area is 66.1 Å². The van der Waals surface area contributed by atoms with Crippen LogP contribution in [0, 0.1) is 15.3 Å². The monoisotopic (exact) mass is 333 g/mol. The van der Waals surface area contributed by atoms with Gasteiger partial charge in [0, 0.05) is 0 Å². The molecule has 6 nitrogen and oxygen atoms in total. The molecular formula is NO5PPb. The van der Waals surface area contributed by atoms with Gasteiger partial charge in [-0.15, -0.1) is 0 Å². The molecule has 0 heterocycles. The molecule has 8 heteroatoms. The number of nitrogens with zero attached hydrogens (tertiary/aromatic N) is 1. The molecule has 0 amide bonds. The molecule has 0 saturated carbocycles. The third kappa shape index (κ3) is 5010. The van der Waals surface area contributed by atoms with Crippen molar-refractivity contribution >= 4 is 36.0 Å². The fraction of sp³-hybridized carbons (Fsp3) is 0. The fourth-order valence-electron chi connectivity index (χ4n) is 0. The van der Waals surface area contributed by atoms with Crippen molar-refractivity contribution in [1.29, 1.82) is 0 Å². The van der Waals surface area contributed by atoms with Crippen molar-refractivity contribution in [1.82, 2.24) is 0 Å². The maximum Gasteiger partial charge on any atom is 2.00 e. The average molecular weight is 332 g/mol. The van der Waals surface area contributed by atoms with Crippen molar-refractivity contribution in [2.75, 3.05) is 0 Å². The third-order valence-electron chi connectivity index (χ3n) is 0. The van der Waals surface area contributed by atoms with E-state index in [4.69, 9.17) is 24.8 Å². The van der Waals surface area contributed by atoms with E-state index in [9.17, 15) is 0 Å². The molecule has 0 aromatic carbocycles. The van der Waals surface area contributed by atoms with Gasteiger partial charge in [-0.3, -0.25) is 4.57 Å². The number of hydrogen-bond acceptors (Lipinski definition) is 5. The van der Waals surface area contributed by atoms with E-state index >= 15 is 0 Å². The molecule has 8 heavy (non-hydrogen) atoms. The van der Waals surface area contributed by atoms with Gasteiger partial charge >= 0.3 is 27.3 Å². The van der Waals surface area contributed by atoms with E-state index in [0.717, 1.165) is 0 Å². The van der Waals surface area contributed by atoms with Gasteiger partial charge in [-0.1, -0.05) is 0 Å². The Morgan fingerprint density at radius 1 is 1.38 bits per heavy atom. The van der Waals surface area contributed by atoms with Crippen molar-refractivity contribution in [2.45, 2.75) is 0 Å². The summed E-state index contributed by atoms with van der Waals surface area (Å²) in [6.45, 7) is 0. The van der Waals surface area contributed by atoms with Crippen molar-refractivity contribution in [3.8, 4) is 0 Å². The van der Waals surface area contributed by atoms with Crippen LogP contribution in [0.3, 0.4) is 0 Å². The first kappa shape index (κ1) is 15.7. The maximum atomic E-state index is 8.35. The SMILES string of the molecule is O=P[O-].O=[N+]([O-])[O-].[Pb+2]. The molecule has 0 unspecified atom stereocenters. The van der Waals surface area contributed by atoms with E-state index < -0.39 is 13.8 Å². The molecule has 0 fully saturated rings. The largest absolute Gasteiger partial charge is 2.00 e. The summed E-state index contributed by atoms with van der Waals surface area (Å²) in [5.74, 6) is 0. The topological polar surface area (TPSA) is 106 Å². The van der Waals surface area contributed by atoms with E-state index in [2.05, 4.69) is 0 Å². The van der Waals surface area contributed by atoms with Crippen LogP contribution in [0.5, 0.6) is 0 Å². The Balaban J connectivity index is -0.0000000575. The zero-order chi connectivity index (χ0) is 6.28. The van der Waals surface area contributed by atoms with Crippen LogP contribution in [0.15, 0.2) is 0 Å². The number of hydrogen-bond donors (Lipinski definition) is 0. The van der Waals surface area contributed by atoms with Gasteiger partial charge in [0.2, 0.25) is 0 Å². The van der Waals surface area contributed by atoms with Crippen LogP contribution in [-0.2, 0) is 4.57 Å². The Hall–Kier alpha value is 0.182. The van der Waals surface area contributed by atoms with Crippen LogP contribution in [-0.4, -0.2) is 32.4 Å². The maximum absolute atomic E-state index is 8.35. The molecule has 0 spiro atoms. The summed E-state index contributed by atoms with van der Waals surface area (Å²) in [7, 11) is -1.08. The minimum Gasteiger partial charge on any atom is -0.772 e. The molecule has 0 aliphatic rings. The van der Waals surface area contributed by atoms with E-state index in [1.807, 2.05) is 0 Å². The fourth-order valence-corrected chi connectivity index (χ4v) is 0. The second kappa shape index (κ2) is 15.7. The van der Waals surface area contributed by atoms with Crippen LogP contribution in [0.2, 0.25) is 0 Å². The predicted molar refractivity (Wildman–Crippen MR) is 23.7 cm³/mol. The molecule has 0 saturated heterocycles. The molecule has 0 aliphatic carbocycles. The van der Waals surface area contributed by atoms with Crippen molar-refractivity contribution in [3.63, 3.8) is 0 Å². The molecular weight excluding hydrogens is 332 g/mol. The Kier molecular flexibility index (Phi) is 30.8. The van der Waals surface area contributed by atoms with Crippen molar-refractivity contribution in [3.05, 3.63) is 15.3 Å². The van der Waals surface area contributed by atoms with Gasteiger partial charge in [0.15, 0.2) is 0 Å². The van der Waals surface area contributed by atoms with Crippen LogP contribution in [0.4, 0.5) is 0 Å². The summed E-state index contributed by atoms with van der Waals surface area (Å²) in [6.07, 6.45) is 0. The second-order valence-corrected chi connectivity index (χ2v) is 0.447. The zero-order valence-corrected chi connectivity index (χ0v) is 8.22. The van der Waals surface area contributed by atoms with Gasteiger partial charge < -0.3 is 20.2 Å². The normalized spacial score (nSPS) is 5.62. The molecule has 2 radical (unpaired) electrons. The summed E-state index contributed by atoms with van der Waals surface area (Å²) in [5, 5.41) is 14.8. The first-order valence-corrected chi connectivity index (χ1v) is 1.64. The standard InChI is InChI=1S/NO3.HO2P.Pb/c2-1(3)4;1-3-2;/h;(H,1,2);/q-1;;+2/p-1. The van der Waals surface area contributed by atoms with Gasteiger partial charge in [-0.25, -0.2) is 0 Å². The van der Waals surface area contributed by atoms with Crippen LogP contribution >= 0.6 is 8.69 Å². The summed E-state index contributed by atoms with van der Waals surface area (Å²) in [4.78, 5) is 16.6. The van der Waals surface area contributed by atoms with Crippen LogP contribution in [0.1, 0.15) is 0 Å². The van der Waals surface area contributed by atoms with E-state index in [-0.39, 0.29) is 27.3 Å². The number of rotatable bonds is 0. The third-order valence-corrected chi connectivity index (χ3v) is 0. The first-order chi connectivity index (χ1) is 3.15.